The fraction of sp³-hybridized carbons (Fsp3) is 0.300. The summed E-state index contributed by atoms with van der Waals surface area (Å²) in [5, 5.41) is 8.58. The van der Waals surface area contributed by atoms with E-state index in [1.54, 1.807) is 13.0 Å². The molecule has 1 atom stereocenters. The lowest BCUT2D eigenvalue weighted by molar-refractivity contribution is -0.137. The van der Waals surface area contributed by atoms with Gasteiger partial charge in [-0.2, -0.15) is 0 Å². The molecule has 5 heteroatoms. The molecular formula is C10H12FNO2S. The third-order valence-electron chi connectivity index (χ3n) is 1.87. The SMILES string of the molecule is Cc1cc(F)ccc1SCC(N)C(=O)O. The van der Waals surface area contributed by atoms with Crippen molar-refractivity contribution in [2.24, 2.45) is 5.73 Å². The van der Waals surface area contributed by atoms with Crippen molar-refractivity contribution in [1.82, 2.24) is 0 Å². The molecule has 0 amide bonds. The zero-order valence-corrected chi connectivity index (χ0v) is 9.05. The van der Waals surface area contributed by atoms with Gasteiger partial charge < -0.3 is 10.8 Å². The highest BCUT2D eigenvalue weighted by molar-refractivity contribution is 7.99. The summed E-state index contributed by atoms with van der Waals surface area (Å²) in [7, 11) is 0. The Morgan fingerprint density at radius 3 is 2.87 bits per heavy atom. The van der Waals surface area contributed by atoms with Crippen molar-refractivity contribution in [1.29, 1.82) is 0 Å². The van der Waals surface area contributed by atoms with Crippen molar-refractivity contribution < 1.29 is 14.3 Å². The van der Waals surface area contributed by atoms with Crippen molar-refractivity contribution >= 4 is 17.7 Å². The van der Waals surface area contributed by atoms with E-state index in [2.05, 4.69) is 0 Å². The highest BCUT2D eigenvalue weighted by Gasteiger charge is 2.12. The van der Waals surface area contributed by atoms with Gasteiger partial charge in [-0.15, -0.1) is 11.8 Å². The van der Waals surface area contributed by atoms with Crippen LogP contribution in [0.2, 0.25) is 0 Å². The summed E-state index contributed by atoms with van der Waals surface area (Å²) in [5.41, 5.74) is 6.14. The molecule has 0 fully saturated rings. The Bertz CT molecular complexity index is 370. The van der Waals surface area contributed by atoms with Crippen molar-refractivity contribution in [3.8, 4) is 0 Å². The first-order valence-electron chi connectivity index (χ1n) is 4.38. The Morgan fingerprint density at radius 2 is 2.33 bits per heavy atom. The van der Waals surface area contributed by atoms with Gasteiger partial charge in [0.25, 0.3) is 0 Å². The maximum Gasteiger partial charge on any atom is 0.321 e. The zero-order valence-electron chi connectivity index (χ0n) is 8.24. The van der Waals surface area contributed by atoms with Gasteiger partial charge in [-0.3, -0.25) is 4.79 Å². The molecule has 15 heavy (non-hydrogen) atoms. The quantitative estimate of drug-likeness (QED) is 0.770. The number of halogens is 1. The van der Waals surface area contributed by atoms with Crippen molar-refractivity contribution in [3.63, 3.8) is 0 Å². The molecule has 1 rings (SSSR count). The molecule has 0 aliphatic heterocycles. The van der Waals surface area contributed by atoms with Crippen LogP contribution in [0.25, 0.3) is 0 Å². The normalized spacial score (nSPS) is 12.5. The van der Waals surface area contributed by atoms with E-state index in [1.165, 1.54) is 23.9 Å². The predicted molar refractivity (Wildman–Crippen MR) is 57.5 cm³/mol. The lowest BCUT2D eigenvalue weighted by atomic mass is 10.2. The first kappa shape index (κ1) is 12.0. The fourth-order valence-electron chi connectivity index (χ4n) is 1.03. The molecule has 0 saturated carbocycles. The van der Waals surface area contributed by atoms with E-state index in [0.717, 1.165) is 10.5 Å². The third-order valence-corrected chi connectivity index (χ3v) is 3.17. The van der Waals surface area contributed by atoms with Crippen LogP contribution in [0, 0.1) is 12.7 Å². The molecule has 0 bridgehead atoms. The second kappa shape index (κ2) is 5.14. The Hall–Kier alpha value is -1.07. The van der Waals surface area contributed by atoms with Gasteiger partial charge in [0.1, 0.15) is 11.9 Å². The van der Waals surface area contributed by atoms with Crippen LogP contribution in [-0.4, -0.2) is 22.9 Å². The largest absolute Gasteiger partial charge is 0.480 e. The predicted octanol–water partition coefficient (Wildman–Crippen LogP) is 1.64. The van der Waals surface area contributed by atoms with Gasteiger partial charge in [0.15, 0.2) is 0 Å². The lowest BCUT2D eigenvalue weighted by Crippen LogP contribution is -2.32. The second-order valence-electron chi connectivity index (χ2n) is 3.17. The van der Waals surface area contributed by atoms with Gasteiger partial charge in [-0.25, -0.2) is 4.39 Å². The van der Waals surface area contributed by atoms with Crippen LogP contribution in [0.1, 0.15) is 5.56 Å². The number of rotatable bonds is 4. The molecule has 0 radical (unpaired) electrons. The molecule has 0 heterocycles. The molecule has 82 valence electrons. The van der Waals surface area contributed by atoms with Crippen LogP contribution in [0.4, 0.5) is 4.39 Å². The minimum Gasteiger partial charge on any atom is -0.480 e. The van der Waals surface area contributed by atoms with Crippen LogP contribution in [-0.2, 0) is 4.79 Å². The average molecular weight is 229 g/mol. The number of hydrogen-bond donors (Lipinski definition) is 2. The van der Waals surface area contributed by atoms with Gasteiger partial charge in [-0.05, 0) is 30.7 Å². The minimum atomic E-state index is -1.03. The molecule has 0 aliphatic rings. The summed E-state index contributed by atoms with van der Waals surface area (Å²) in [6.07, 6.45) is 0. The lowest BCUT2D eigenvalue weighted by Gasteiger charge is -2.08. The average Bonchev–Trinajstić information content (AvgIpc) is 2.15. The van der Waals surface area contributed by atoms with E-state index in [4.69, 9.17) is 10.8 Å². The van der Waals surface area contributed by atoms with E-state index in [1.807, 2.05) is 0 Å². The van der Waals surface area contributed by atoms with Gasteiger partial charge in [0, 0.05) is 10.6 Å². The van der Waals surface area contributed by atoms with Crippen molar-refractivity contribution in [3.05, 3.63) is 29.6 Å². The smallest absolute Gasteiger partial charge is 0.321 e. The summed E-state index contributed by atoms with van der Waals surface area (Å²) in [5.74, 6) is -1.04. The highest BCUT2D eigenvalue weighted by atomic mass is 32.2. The second-order valence-corrected chi connectivity index (χ2v) is 4.23. The number of nitrogens with two attached hydrogens (primary N) is 1. The Kier molecular flexibility index (Phi) is 4.11. The number of carboxylic acid groups (broad SMARTS) is 1. The third kappa shape index (κ3) is 3.53. The van der Waals surface area contributed by atoms with Crippen LogP contribution in [0.3, 0.4) is 0 Å². The summed E-state index contributed by atoms with van der Waals surface area (Å²) >= 11 is 1.32. The minimum absolute atomic E-state index is 0.280. The van der Waals surface area contributed by atoms with E-state index < -0.39 is 12.0 Å². The monoisotopic (exact) mass is 229 g/mol. The van der Waals surface area contributed by atoms with Gasteiger partial charge in [-0.1, -0.05) is 0 Å². The molecule has 0 spiro atoms. The number of aliphatic carboxylic acids is 1. The number of carboxylic acids is 1. The van der Waals surface area contributed by atoms with E-state index in [9.17, 15) is 9.18 Å². The van der Waals surface area contributed by atoms with E-state index >= 15 is 0 Å². The molecular weight excluding hydrogens is 217 g/mol. The summed E-state index contributed by atoms with van der Waals surface area (Å²) in [6.45, 7) is 1.78. The van der Waals surface area contributed by atoms with E-state index in [0.29, 0.717) is 0 Å². The first-order valence-corrected chi connectivity index (χ1v) is 5.36. The summed E-state index contributed by atoms with van der Waals surface area (Å²) in [4.78, 5) is 11.3. The fourth-order valence-corrected chi connectivity index (χ4v) is 1.98. The van der Waals surface area contributed by atoms with Crippen LogP contribution < -0.4 is 5.73 Å². The first-order chi connectivity index (χ1) is 7.00. The molecule has 0 aliphatic carbocycles. The molecule has 1 unspecified atom stereocenters. The molecule has 3 nitrogen and oxygen atoms in total. The van der Waals surface area contributed by atoms with Crippen LogP contribution in [0.15, 0.2) is 23.1 Å². The highest BCUT2D eigenvalue weighted by Crippen LogP contribution is 2.23. The Labute approximate surface area is 91.5 Å². The van der Waals surface area contributed by atoms with Gasteiger partial charge >= 0.3 is 5.97 Å². The number of hydrogen-bond acceptors (Lipinski definition) is 3. The number of thioether (sulfide) groups is 1. The van der Waals surface area contributed by atoms with E-state index in [-0.39, 0.29) is 11.6 Å². The molecule has 3 N–H and O–H groups in total. The van der Waals surface area contributed by atoms with Crippen molar-refractivity contribution in [2.75, 3.05) is 5.75 Å². The molecule has 0 aromatic heterocycles. The Morgan fingerprint density at radius 1 is 1.67 bits per heavy atom. The number of aryl methyl sites for hydroxylation is 1. The summed E-state index contributed by atoms with van der Waals surface area (Å²) in [6, 6.07) is 3.50. The van der Waals surface area contributed by atoms with Crippen LogP contribution in [0.5, 0.6) is 0 Å². The summed E-state index contributed by atoms with van der Waals surface area (Å²) < 4.78 is 12.7. The maximum atomic E-state index is 12.7. The van der Waals surface area contributed by atoms with Crippen LogP contribution >= 0.6 is 11.8 Å². The molecule has 0 saturated heterocycles. The standard InChI is InChI=1S/C10H12FNO2S/c1-6-4-7(11)2-3-9(6)15-5-8(12)10(13)14/h2-4,8H,5,12H2,1H3,(H,13,14). The van der Waals surface area contributed by atoms with Crippen molar-refractivity contribution in [2.45, 2.75) is 17.9 Å². The topological polar surface area (TPSA) is 63.3 Å². The number of benzene rings is 1. The number of carbonyl (C=O) groups is 1. The maximum absolute atomic E-state index is 12.7. The van der Waals surface area contributed by atoms with Gasteiger partial charge in [0.05, 0.1) is 0 Å². The van der Waals surface area contributed by atoms with Gasteiger partial charge in [0.2, 0.25) is 0 Å². The molecule has 1 aromatic carbocycles. The zero-order chi connectivity index (χ0) is 11.4. The Balaban J connectivity index is 2.62. The molecule has 1 aromatic rings.